The number of nitrogens with zero attached hydrogens (tertiary/aromatic N) is 5. The molecular weight excluding hydrogens is 409 g/mol. The van der Waals surface area contributed by atoms with Crippen molar-refractivity contribution in [2.24, 2.45) is 0 Å². The first-order valence-electron chi connectivity index (χ1n) is 9.63. The van der Waals surface area contributed by atoms with Gasteiger partial charge in [0.25, 0.3) is 5.91 Å². The molecule has 0 bridgehead atoms. The maximum absolute atomic E-state index is 13.9. The van der Waals surface area contributed by atoms with Crippen LogP contribution in [0.4, 0.5) is 30.6 Å². The van der Waals surface area contributed by atoms with Crippen molar-refractivity contribution in [2.45, 2.75) is 6.92 Å². The lowest BCUT2D eigenvalue weighted by atomic mass is 10.1. The molecule has 1 amide bonds. The van der Waals surface area contributed by atoms with E-state index >= 15 is 0 Å². The average Bonchev–Trinajstić information content (AvgIpc) is 2.78. The number of carbonyl (C=O) groups is 1. The first-order valence-corrected chi connectivity index (χ1v) is 9.63. The minimum atomic E-state index is -1.64. The largest absolute Gasteiger partial charge is 0.352 e. The number of carbonyl (C=O) groups excluding carboxylic acids is 1. The SMILES string of the molecule is Cc1ccnc(Nc2ccc(N3CCN(C(=O)c4ccc(F)c(F)c4F)CC3)nn2)c1. The Balaban J connectivity index is 1.37. The Morgan fingerprint density at radius 2 is 1.71 bits per heavy atom. The third-order valence-corrected chi connectivity index (χ3v) is 4.98. The first kappa shape index (κ1) is 20.6. The molecule has 0 atom stereocenters. The van der Waals surface area contributed by atoms with Gasteiger partial charge in [0.2, 0.25) is 0 Å². The van der Waals surface area contributed by atoms with Crippen LogP contribution in [-0.4, -0.2) is 52.2 Å². The van der Waals surface area contributed by atoms with Gasteiger partial charge in [0.15, 0.2) is 29.1 Å². The minimum absolute atomic E-state index is 0.284. The van der Waals surface area contributed by atoms with Gasteiger partial charge >= 0.3 is 0 Å². The molecule has 1 saturated heterocycles. The number of pyridine rings is 1. The molecule has 0 unspecified atom stereocenters. The number of nitrogens with one attached hydrogen (secondary N) is 1. The monoisotopic (exact) mass is 428 g/mol. The highest BCUT2D eigenvalue weighted by Crippen LogP contribution is 2.20. The average molecular weight is 428 g/mol. The van der Waals surface area contributed by atoms with E-state index in [1.54, 1.807) is 18.3 Å². The zero-order valence-corrected chi connectivity index (χ0v) is 16.6. The van der Waals surface area contributed by atoms with Gasteiger partial charge in [-0.25, -0.2) is 18.2 Å². The molecule has 1 aromatic carbocycles. The summed E-state index contributed by atoms with van der Waals surface area (Å²) in [7, 11) is 0. The van der Waals surface area contributed by atoms with Crippen LogP contribution in [0.15, 0.2) is 42.6 Å². The van der Waals surface area contributed by atoms with Gasteiger partial charge in [-0.15, -0.1) is 10.2 Å². The van der Waals surface area contributed by atoms with E-state index in [0.29, 0.717) is 30.5 Å². The molecule has 4 rings (SSSR count). The van der Waals surface area contributed by atoms with E-state index in [0.717, 1.165) is 17.7 Å². The van der Waals surface area contributed by atoms with Crippen molar-refractivity contribution in [2.75, 3.05) is 36.4 Å². The summed E-state index contributed by atoms with van der Waals surface area (Å²) >= 11 is 0. The predicted octanol–water partition coefficient (Wildman–Crippen LogP) is 3.30. The molecule has 0 saturated carbocycles. The number of hydrogen-bond donors (Lipinski definition) is 1. The summed E-state index contributed by atoms with van der Waals surface area (Å²) in [4.78, 5) is 20.1. The molecule has 1 N–H and O–H groups in total. The van der Waals surface area contributed by atoms with Crippen molar-refractivity contribution in [1.29, 1.82) is 0 Å². The predicted molar refractivity (Wildman–Crippen MR) is 109 cm³/mol. The standard InChI is InChI=1S/C21H19F3N6O/c1-13-6-7-25-17(12-13)26-16-4-5-18(28-27-16)29-8-10-30(11-9-29)21(31)14-2-3-15(22)20(24)19(14)23/h2-7,12H,8-11H2,1H3,(H,25,26,27). The summed E-state index contributed by atoms with van der Waals surface area (Å²) in [6.45, 7) is 3.42. The number of rotatable bonds is 4. The van der Waals surface area contributed by atoms with Crippen LogP contribution in [0.25, 0.3) is 0 Å². The van der Waals surface area contributed by atoms with E-state index in [9.17, 15) is 18.0 Å². The number of piperazine rings is 1. The maximum atomic E-state index is 13.9. The Labute approximate surface area is 176 Å². The third-order valence-electron chi connectivity index (χ3n) is 4.98. The Bertz CT molecular complexity index is 1100. The quantitative estimate of drug-likeness (QED) is 0.643. The van der Waals surface area contributed by atoms with E-state index in [2.05, 4.69) is 20.5 Å². The smallest absolute Gasteiger partial charge is 0.257 e. The Morgan fingerprint density at radius 1 is 0.935 bits per heavy atom. The van der Waals surface area contributed by atoms with Gasteiger partial charge in [-0.3, -0.25) is 4.79 Å². The molecule has 3 heterocycles. The molecule has 0 aliphatic carbocycles. The van der Waals surface area contributed by atoms with Crippen LogP contribution in [0.2, 0.25) is 0 Å². The van der Waals surface area contributed by atoms with Crippen LogP contribution in [0.3, 0.4) is 0 Å². The molecular formula is C21H19F3N6O. The number of anilines is 3. The van der Waals surface area contributed by atoms with Gasteiger partial charge in [-0.2, -0.15) is 0 Å². The van der Waals surface area contributed by atoms with Gasteiger partial charge in [-0.05, 0) is 48.9 Å². The van der Waals surface area contributed by atoms with Gasteiger partial charge < -0.3 is 15.1 Å². The summed E-state index contributed by atoms with van der Waals surface area (Å²) in [5.41, 5.74) is 0.588. The molecule has 1 aliphatic rings. The van der Waals surface area contributed by atoms with E-state index < -0.39 is 28.9 Å². The van der Waals surface area contributed by atoms with E-state index in [1.165, 1.54) is 4.90 Å². The number of amides is 1. The van der Waals surface area contributed by atoms with Gasteiger partial charge in [0.1, 0.15) is 5.82 Å². The third kappa shape index (κ3) is 4.42. The van der Waals surface area contributed by atoms with Gasteiger partial charge in [-0.1, -0.05) is 0 Å². The normalized spacial score (nSPS) is 13.9. The maximum Gasteiger partial charge on any atom is 0.257 e. The zero-order chi connectivity index (χ0) is 22.0. The zero-order valence-electron chi connectivity index (χ0n) is 16.6. The second-order valence-corrected chi connectivity index (χ2v) is 7.12. The molecule has 3 aromatic rings. The van der Waals surface area contributed by atoms with Crippen LogP contribution in [0.5, 0.6) is 0 Å². The Hall–Kier alpha value is -3.69. The Morgan fingerprint density at radius 3 is 2.39 bits per heavy atom. The van der Waals surface area contributed by atoms with Crippen molar-refractivity contribution in [1.82, 2.24) is 20.1 Å². The molecule has 160 valence electrons. The molecule has 2 aromatic heterocycles. The van der Waals surface area contributed by atoms with E-state index in [1.807, 2.05) is 24.0 Å². The topological polar surface area (TPSA) is 74.2 Å². The molecule has 0 radical (unpaired) electrons. The number of benzene rings is 1. The number of halogens is 3. The van der Waals surface area contributed by atoms with Crippen LogP contribution in [0, 0.1) is 24.4 Å². The molecule has 10 heteroatoms. The summed E-state index contributed by atoms with van der Waals surface area (Å²) in [5.74, 6) is -3.27. The number of aryl methyl sites for hydroxylation is 1. The van der Waals surface area contributed by atoms with Crippen molar-refractivity contribution >= 4 is 23.4 Å². The fraction of sp³-hybridized carbons (Fsp3) is 0.238. The highest BCUT2D eigenvalue weighted by molar-refractivity contribution is 5.94. The van der Waals surface area contributed by atoms with Gasteiger partial charge in [0, 0.05) is 32.4 Å². The molecule has 1 aliphatic heterocycles. The van der Waals surface area contributed by atoms with Crippen molar-refractivity contribution in [3.8, 4) is 0 Å². The van der Waals surface area contributed by atoms with Crippen molar-refractivity contribution in [3.63, 3.8) is 0 Å². The van der Waals surface area contributed by atoms with Crippen LogP contribution < -0.4 is 10.2 Å². The van der Waals surface area contributed by atoms with E-state index in [4.69, 9.17) is 0 Å². The second kappa shape index (κ2) is 8.58. The van der Waals surface area contributed by atoms with Crippen molar-refractivity contribution in [3.05, 3.63) is 71.2 Å². The highest BCUT2D eigenvalue weighted by Gasteiger charge is 2.27. The summed E-state index contributed by atoms with van der Waals surface area (Å²) in [6.07, 6.45) is 1.70. The lowest BCUT2D eigenvalue weighted by molar-refractivity contribution is 0.0740. The fourth-order valence-electron chi connectivity index (χ4n) is 3.30. The molecule has 7 nitrogen and oxygen atoms in total. The summed E-state index contributed by atoms with van der Waals surface area (Å²) in [5, 5.41) is 11.5. The fourth-order valence-corrected chi connectivity index (χ4v) is 3.30. The van der Waals surface area contributed by atoms with Crippen LogP contribution >= 0.6 is 0 Å². The van der Waals surface area contributed by atoms with E-state index in [-0.39, 0.29) is 13.1 Å². The Kier molecular flexibility index (Phi) is 5.70. The number of aromatic nitrogens is 3. The summed E-state index contributed by atoms with van der Waals surface area (Å²) < 4.78 is 40.5. The minimum Gasteiger partial charge on any atom is -0.352 e. The highest BCUT2D eigenvalue weighted by atomic mass is 19.2. The summed E-state index contributed by atoms with van der Waals surface area (Å²) in [6, 6.07) is 9.08. The molecule has 31 heavy (non-hydrogen) atoms. The van der Waals surface area contributed by atoms with Crippen molar-refractivity contribution < 1.29 is 18.0 Å². The lowest BCUT2D eigenvalue weighted by Crippen LogP contribution is -2.49. The van der Waals surface area contributed by atoms with Gasteiger partial charge in [0.05, 0.1) is 5.56 Å². The number of hydrogen-bond acceptors (Lipinski definition) is 6. The van der Waals surface area contributed by atoms with Crippen LogP contribution in [-0.2, 0) is 0 Å². The molecule has 1 fully saturated rings. The lowest BCUT2D eigenvalue weighted by Gasteiger charge is -2.35. The second-order valence-electron chi connectivity index (χ2n) is 7.12. The first-order chi connectivity index (χ1) is 14.9. The van der Waals surface area contributed by atoms with Crippen LogP contribution in [0.1, 0.15) is 15.9 Å². The molecule has 0 spiro atoms.